The van der Waals surface area contributed by atoms with Crippen molar-refractivity contribution in [3.8, 4) is 0 Å². The number of nitrogen functional groups attached to an aromatic ring is 1. The van der Waals surface area contributed by atoms with Gasteiger partial charge in [-0.25, -0.2) is 4.98 Å². The van der Waals surface area contributed by atoms with E-state index in [-0.39, 0.29) is 29.6 Å². The molecule has 1 aromatic rings. The summed E-state index contributed by atoms with van der Waals surface area (Å²) in [6.07, 6.45) is 1.61. The molecule has 0 saturated carbocycles. The van der Waals surface area contributed by atoms with Crippen LogP contribution < -0.4 is 11.1 Å². The van der Waals surface area contributed by atoms with E-state index in [2.05, 4.69) is 10.3 Å². The lowest BCUT2D eigenvalue weighted by atomic mass is 10.2. The van der Waals surface area contributed by atoms with E-state index >= 15 is 0 Å². The summed E-state index contributed by atoms with van der Waals surface area (Å²) < 4.78 is 5.18. The number of amides is 2. The number of rotatable bonds is 4. The molecule has 7 nitrogen and oxygen atoms in total. The maximum Gasteiger partial charge on any atom is 0.254 e. The Bertz CT molecular complexity index is 532. The van der Waals surface area contributed by atoms with Gasteiger partial charge in [0.2, 0.25) is 5.91 Å². The van der Waals surface area contributed by atoms with Crippen molar-refractivity contribution in [2.75, 3.05) is 38.6 Å². The molecular weight excluding hydrogens is 296 g/mol. The Morgan fingerprint density at radius 1 is 1.43 bits per heavy atom. The Morgan fingerprint density at radius 3 is 2.86 bits per heavy atom. The molecule has 3 N–H and O–H groups in total. The number of halogens is 1. The fraction of sp³-hybridized carbons (Fsp3) is 0.462. The molecule has 1 saturated heterocycles. The van der Waals surface area contributed by atoms with E-state index in [0.29, 0.717) is 32.0 Å². The van der Waals surface area contributed by atoms with E-state index in [1.54, 1.807) is 4.90 Å². The van der Waals surface area contributed by atoms with Gasteiger partial charge in [-0.3, -0.25) is 9.59 Å². The number of ether oxygens (including phenoxy) is 1. The Labute approximate surface area is 127 Å². The highest BCUT2D eigenvalue weighted by Crippen LogP contribution is 2.15. The van der Waals surface area contributed by atoms with Gasteiger partial charge in [-0.2, -0.15) is 0 Å². The highest BCUT2D eigenvalue weighted by atomic mass is 35.5. The van der Waals surface area contributed by atoms with Crippen LogP contribution in [0.15, 0.2) is 12.3 Å². The van der Waals surface area contributed by atoms with E-state index in [4.69, 9.17) is 22.1 Å². The molecule has 1 fully saturated rings. The van der Waals surface area contributed by atoms with Crippen LogP contribution in [-0.4, -0.2) is 54.5 Å². The van der Waals surface area contributed by atoms with Crippen molar-refractivity contribution in [2.24, 2.45) is 0 Å². The number of nitrogens with two attached hydrogens (primary N) is 1. The van der Waals surface area contributed by atoms with Crippen molar-refractivity contribution in [3.63, 3.8) is 0 Å². The summed E-state index contributed by atoms with van der Waals surface area (Å²) in [7, 11) is 0. The molecule has 2 rings (SSSR count). The standard InChI is InChI=1S/C13H17ClN4O3/c14-12-10(7-9(15)8-17-12)13(20)16-2-1-11(19)18-3-5-21-6-4-18/h7-8H,1-6,15H2,(H,16,20). The highest BCUT2D eigenvalue weighted by molar-refractivity contribution is 6.32. The highest BCUT2D eigenvalue weighted by Gasteiger charge is 2.17. The number of carbonyl (C=O) groups is 2. The van der Waals surface area contributed by atoms with Crippen molar-refractivity contribution in [1.29, 1.82) is 0 Å². The van der Waals surface area contributed by atoms with E-state index in [9.17, 15) is 9.59 Å². The zero-order valence-corrected chi connectivity index (χ0v) is 12.2. The third-order valence-corrected chi connectivity index (χ3v) is 3.39. The summed E-state index contributed by atoms with van der Waals surface area (Å²) >= 11 is 5.84. The molecule has 1 aromatic heterocycles. The molecular formula is C13H17ClN4O3. The van der Waals surface area contributed by atoms with Gasteiger partial charge in [0.15, 0.2) is 0 Å². The van der Waals surface area contributed by atoms with E-state index in [1.807, 2.05) is 0 Å². The first-order valence-electron chi connectivity index (χ1n) is 6.62. The molecule has 0 aliphatic carbocycles. The lowest BCUT2D eigenvalue weighted by Gasteiger charge is -2.26. The number of morpholine rings is 1. The number of pyridine rings is 1. The molecule has 2 heterocycles. The molecule has 0 atom stereocenters. The van der Waals surface area contributed by atoms with E-state index in [1.165, 1.54) is 12.3 Å². The van der Waals surface area contributed by atoms with E-state index < -0.39 is 5.91 Å². The monoisotopic (exact) mass is 312 g/mol. The minimum absolute atomic E-state index is 0.00426. The van der Waals surface area contributed by atoms with Gasteiger partial charge in [-0.1, -0.05) is 11.6 Å². The summed E-state index contributed by atoms with van der Waals surface area (Å²) in [5.74, 6) is -0.398. The topological polar surface area (TPSA) is 97.5 Å². The maximum atomic E-state index is 11.9. The lowest BCUT2D eigenvalue weighted by Crippen LogP contribution is -2.42. The first-order valence-corrected chi connectivity index (χ1v) is 7.00. The van der Waals surface area contributed by atoms with Crippen LogP contribution in [-0.2, 0) is 9.53 Å². The minimum Gasteiger partial charge on any atom is -0.397 e. The van der Waals surface area contributed by atoms with Crippen molar-refractivity contribution >= 4 is 29.1 Å². The van der Waals surface area contributed by atoms with Crippen LogP contribution in [0.25, 0.3) is 0 Å². The first kappa shape index (κ1) is 15.5. The van der Waals surface area contributed by atoms with Gasteiger partial charge in [-0.05, 0) is 6.07 Å². The minimum atomic E-state index is -0.394. The lowest BCUT2D eigenvalue weighted by molar-refractivity contribution is -0.135. The summed E-state index contributed by atoms with van der Waals surface area (Å²) in [4.78, 5) is 29.4. The summed E-state index contributed by atoms with van der Waals surface area (Å²) in [6.45, 7) is 2.54. The maximum absolute atomic E-state index is 11.9. The van der Waals surface area contributed by atoms with Gasteiger partial charge in [0, 0.05) is 26.1 Å². The predicted octanol–water partition coefficient (Wildman–Crippen LogP) is 0.296. The third-order valence-electron chi connectivity index (χ3n) is 3.09. The zero-order valence-electron chi connectivity index (χ0n) is 11.5. The number of aromatic nitrogens is 1. The number of anilines is 1. The SMILES string of the molecule is Nc1cnc(Cl)c(C(=O)NCCC(=O)N2CCOCC2)c1. The zero-order chi connectivity index (χ0) is 15.2. The third kappa shape index (κ3) is 4.30. The van der Waals surface area contributed by atoms with Crippen LogP contribution in [0.3, 0.4) is 0 Å². The Balaban J connectivity index is 1.81. The number of nitrogens with zero attached hydrogens (tertiary/aromatic N) is 2. The molecule has 8 heteroatoms. The van der Waals surface area contributed by atoms with Crippen molar-refractivity contribution in [2.45, 2.75) is 6.42 Å². The van der Waals surface area contributed by atoms with Gasteiger partial charge in [0.05, 0.1) is 30.7 Å². The molecule has 1 aliphatic heterocycles. The fourth-order valence-electron chi connectivity index (χ4n) is 1.97. The molecule has 0 spiro atoms. The van der Waals surface area contributed by atoms with Gasteiger partial charge in [0.1, 0.15) is 5.15 Å². The predicted molar refractivity (Wildman–Crippen MR) is 78.0 cm³/mol. The van der Waals surface area contributed by atoms with Gasteiger partial charge in [-0.15, -0.1) is 0 Å². The van der Waals surface area contributed by atoms with Gasteiger partial charge >= 0.3 is 0 Å². The van der Waals surface area contributed by atoms with Crippen molar-refractivity contribution in [1.82, 2.24) is 15.2 Å². The number of nitrogens with one attached hydrogen (secondary N) is 1. The average Bonchev–Trinajstić information content (AvgIpc) is 2.50. The van der Waals surface area contributed by atoms with Crippen LogP contribution >= 0.6 is 11.6 Å². The van der Waals surface area contributed by atoms with E-state index in [0.717, 1.165) is 0 Å². The summed E-state index contributed by atoms with van der Waals surface area (Å²) in [5.41, 5.74) is 6.13. The van der Waals surface area contributed by atoms with Crippen LogP contribution in [0.4, 0.5) is 5.69 Å². The second-order valence-corrected chi connectivity index (χ2v) is 4.96. The Hall–Kier alpha value is -1.86. The molecule has 0 radical (unpaired) electrons. The van der Waals surface area contributed by atoms with Crippen LogP contribution in [0.1, 0.15) is 16.8 Å². The first-order chi connectivity index (χ1) is 10.1. The Kier molecular flexibility index (Phi) is 5.35. The van der Waals surface area contributed by atoms with Gasteiger partial charge < -0.3 is 20.7 Å². The molecule has 0 unspecified atom stereocenters. The fourth-order valence-corrected chi connectivity index (χ4v) is 2.16. The molecule has 114 valence electrons. The van der Waals surface area contributed by atoms with Gasteiger partial charge in [0.25, 0.3) is 5.91 Å². The molecule has 0 bridgehead atoms. The number of hydrogen-bond acceptors (Lipinski definition) is 5. The molecule has 21 heavy (non-hydrogen) atoms. The molecule has 0 aromatic carbocycles. The largest absolute Gasteiger partial charge is 0.397 e. The number of carbonyl (C=O) groups excluding carboxylic acids is 2. The average molecular weight is 313 g/mol. The van der Waals surface area contributed by atoms with Crippen molar-refractivity contribution < 1.29 is 14.3 Å². The summed E-state index contributed by atoms with van der Waals surface area (Å²) in [6, 6.07) is 1.45. The van der Waals surface area contributed by atoms with Crippen LogP contribution in [0, 0.1) is 0 Å². The number of hydrogen-bond donors (Lipinski definition) is 2. The summed E-state index contributed by atoms with van der Waals surface area (Å²) in [5, 5.41) is 2.72. The normalized spacial score (nSPS) is 14.8. The van der Waals surface area contributed by atoms with Crippen LogP contribution in [0.2, 0.25) is 5.15 Å². The smallest absolute Gasteiger partial charge is 0.254 e. The Morgan fingerprint density at radius 2 is 2.14 bits per heavy atom. The van der Waals surface area contributed by atoms with Crippen LogP contribution in [0.5, 0.6) is 0 Å². The molecule has 1 aliphatic rings. The molecule has 2 amide bonds. The second kappa shape index (κ2) is 7.24. The van der Waals surface area contributed by atoms with Crippen molar-refractivity contribution in [3.05, 3.63) is 23.0 Å². The quantitative estimate of drug-likeness (QED) is 0.779. The second-order valence-electron chi connectivity index (χ2n) is 4.61.